The second-order valence-corrected chi connectivity index (χ2v) is 8.18. The standard InChI is InChI=1S/C18H19N3O3S2/c1-11-9-17(24-4)12(2)13(3)18(11)26(22,23)20-15-7-5-14(6-8-15)16-10-25-21-19-16/h5-10,20H,1-4H3. The first-order chi connectivity index (χ1) is 12.3. The lowest BCUT2D eigenvalue weighted by Gasteiger charge is -2.17. The summed E-state index contributed by atoms with van der Waals surface area (Å²) in [4.78, 5) is 0.281. The molecule has 0 fully saturated rings. The lowest BCUT2D eigenvalue weighted by Crippen LogP contribution is -2.16. The lowest BCUT2D eigenvalue weighted by molar-refractivity contribution is 0.410. The zero-order valence-electron chi connectivity index (χ0n) is 14.9. The zero-order valence-corrected chi connectivity index (χ0v) is 16.5. The fourth-order valence-electron chi connectivity index (χ4n) is 2.85. The van der Waals surface area contributed by atoms with Crippen molar-refractivity contribution in [3.63, 3.8) is 0 Å². The van der Waals surface area contributed by atoms with Crippen LogP contribution in [0.25, 0.3) is 11.3 Å². The molecule has 0 spiro atoms. The number of methoxy groups -OCH3 is 1. The molecule has 1 aromatic heterocycles. The van der Waals surface area contributed by atoms with Crippen LogP contribution in [0.5, 0.6) is 5.75 Å². The van der Waals surface area contributed by atoms with Crippen LogP contribution in [-0.2, 0) is 10.0 Å². The molecule has 0 aliphatic rings. The number of aryl methyl sites for hydroxylation is 1. The first-order valence-electron chi connectivity index (χ1n) is 7.88. The second kappa shape index (κ2) is 7.05. The van der Waals surface area contributed by atoms with Crippen molar-refractivity contribution in [3.8, 4) is 17.0 Å². The molecule has 0 atom stereocenters. The van der Waals surface area contributed by atoms with Crippen molar-refractivity contribution in [2.75, 3.05) is 11.8 Å². The van der Waals surface area contributed by atoms with Gasteiger partial charge in [0.1, 0.15) is 11.4 Å². The van der Waals surface area contributed by atoms with E-state index in [9.17, 15) is 8.42 Å². The largest absolute Gasteiger partial charge is 0.496 e. The molecule has 136 valence electrons. The van der Waals surface area contributed by atoms with Gasteiger partial charge in [-0.25, -0.2) is 8.42 Å². The molecule has 8 heteroatoms. The molecule has 0 saturated carbocycles. The van der Waals surface area contributed by atoms with E-state index in [0.717, 1.165) is 16.8 Å². The minimum atomic E-state index is -3.72. The summed E-state index contributed by atoms with van der Waals surface area (Å²) in [6.07, 6.45) is 0. The SMILES string of the molecule is COc1cc(C)c(S(=O)(=O)Nc2ccc(-c3csnn3)cc2)c(C)c1C. The molecule has 0 aliphatic heterocycles. The lowest BCUT2D eigenvalue weighted by atomic mass is 10.1. The highest BCUT2D eigenvalue weighted by atomic mass is 32.2. The number of anilines is 1. The van der Waals surface area contributed by atoms with Crippen molar-refractivity contribution in [3.05, 3.63) is 52.4 Å². The Bertz CT molecular complexity index is 1030. The molecule has 6 nitrogen and oxygen atoms in total. The van der Waals surface area contributed by atoms with E-state index in [-0.39, 0.29) is 4.90 Å². The molecule has 26 heavy (non-hydrogen) atoms. The molecule has 0 saturated heterocycles. The van der Waals surface area contributed by atoms with Gasteiger partial charge in [0.15, 0.2) is 0 Å². The van der Waals surface area contributed by atoms with Crippen LogP contribution in [0.4, 0.5) is 5.69 Å². The van der Waals surface area contributed by atoms with Crippen molar-refractivity contribution in [2.45, 2.75) is 25.7 Å². The van der Waals surface area contributed by atoms with Crippen molar-refractivity contribution in [1.29, 1.82) is 0 Å². The molecule has 2 aromatic carbocycles. The summed E-state index contributed by atoms with van der Waals surface area (Å²) in [6, 6.07) is 8.80. The average Bonchev–Trinajstić information content (AvgIpc) is 3.13. The third-order valence-corrected chi connectivity index (χ3v) is 6.43. The number of aromatic nitrogens is 2. The Labute approximate surface area is 157 Å². The predicted molar refractivity (Wildman–Crippen MR) is 103 cm³/mol. The van der Waals surface area contributed by atoms with Gasteiger partial charge in [0.2, 0.25) is 0 Å². The number of nitrogens with one attached hydrogen (secondary N) is 1. The van der Waals surface area contributed by atoms with E-state index in [1.807, 2.05) is 24.4 Å². The number of rotatable bonds is 5. The van der Waals surface area contributed by atoms with E-state index >= 15 is 0 Å². The molecule has 3 rings (SSSR count). The van der Waals surface area contributed by atoms with E-state index in [2.05, 4.69) is 14.3 Å². The molecule has 0 aliphatic carbocycles. The van der Waals surface area contributed by atoms with Gasteiger partial charge < -0.3 is 4.74 Å². The zero-order chi connectivity index (χ0) is 18.9. The number of benzene rings is 2. The van der Waals surface area contributed by atoms with Crippen molar-refractivity contribution in [1.82, 2.24) is 9.59 Å². The molecule has 1 N–H and O–H groups in total. The van der Waals surface area contributed by atoms with Crippen LogP contribution >= 0.6 is 11.5 Å². The summed E-state index contributed by atoms with van der Waals surface area (Å²) < 4.78 is 37.7. The van der Waals surface area contributed by atoms with Crippen molar-refractivity contribution >= 4 is 27.2 Å². The number of hydrogen-bond donors (Lipinski definition) is 1. The highest BCUT2D eigenvalue weighted by Gasteiger charge is 2.23. The van der Waals surface area contributed by atoms with Gasteiger partial charge in [-0.15, -0.1) is 5.10 Å². The Morgan fingerprint density at radius 1 is 1.08 bits per heavy atom. The first kappa shape index (κ1) is 18.3. The molecule has 0 radical (unpaired) electrons. The summed E-state index contributed by atoms with van der Waals surface area (Å²) in [5.74, 6) is 0.681. The molecular weight excluding hydrogens is 370 g/mol. The third kappa shape index (κ3) is 3.42. The van der Waals surface area contributed by atoms with Crippen LogP contribution in [-0.4, -0.2) is 25.1 Å². The monoisotopic (exact) mass is 389 g/mol. The molecule has 0 amide bonds. The number of hydrogen-bond acceptors (Lipinski definition) is 6. The maximum absolute atomic E-state index is 12.9. The molecule has 0 unspecified atom stereocenters. The predicted octanol–water partition coefficient (Wildman–Crippen LogP) is 3.94. The van der Waals surface area contributed by atoms with Gasteiger partial charge in [-0.1, -0.05) is 16.6 Å². The summed E-state index contributed by atoms with van der Waals surface area (Å²) in [6.45, 7) is 5.41. The van der Waals surface area contributed by atoms with Gasteiger partial charge >= 0.3 is 0 Å². The Balaban J connectivity index is 1.94. The van der Waals surface area contributed by atoms with Crippen molar-refractivity contribution in [2.24, 2.45) is 0 Å². The van der Waals surface area contributed by atoms with Gasteiger partial charge in [-0.05, 0) is 67.2 Å². The van der Waals surface area contributed by atoms with Crippen LogP contribution in [0.2, 0.25) is 0 Å². The fourth-order valence-corrected chi connectivity index (χ4v) is 4.91. The maximum Gasteiger partial charge on any atom is 0.262 e. The third-order valence-electron chi connectivity index (χ3n) is 4.26. The van der Waals surface area contributed by atoms with E-state index in [4.69, 9.17) is 4.74 Å². The van der Waals surface area contributed by atoms with Crippen LogP contribution in [0.15, 0.2) is 40.6 Å². The van der Waals surface area contributed by atoms with E-state index < -0.39 is 10.0 Å². The number of sulfonamides is 1. The van der Waals surface area contributed by atoms with Crippen molar-refractivity contribution < 1.29 is 13.2 Å². The summed E-state index contributed by atoms with van der Waals surface area (Å²) in [5.41, 5.74) is 4.27. The van der Waals surface area contributed by atoms with E-state index in [0.29, 0.717) is 22.6 Å². The van der Waals surface area contributed by atoms with Gasteiger partial charge in [0, 0.05) is 16.6 Å². The van der Waals surface area contributed by atoms with Crippen LogP contribution in [0.3, 0.4) is 0 Å². The average molecular weight is 390 g/mol. The molecule has 3 aromatic rings. The highest BCUT2D eigenvalue weighted by molar-refractivity contribution is 7.92. The quantitative estimate of drug-likeness (QED) is 0.715. The van der Waals surface area contributed by atoms with Gasteiger partial charge in [-0.3, -0.25) is 4.72 Å². The summed E-state index contributed by atoms with van der Waals surface area (Å²) in [7, 11) is -2.14. The summed E-state index contributed by atoms with van der Waals surface area (Å²) >= 11 is 1.27. The van der Waals surface area contributed by atoms with Gasteiger partial charge in [0.05, 0.1) is 12.0 Å². The summed E-state index contributed by atoms with van der Waals surface area (Å²) in [5, 5.41) is 5.84. The normalized spacial score (nSPS) is 11.4. The van der Waals surface area contributed by atoms with Crippen LogP contribution < -0.4 is 9.46 Å². The smallest absolute Gasteiger partial charge is 0.262 e. The van der Waals surface area contributed by atoms with Crippen LogP contribution in [0.1, 0.15) is 16.7 Å². The Morgan fingerprint density at radius 2 is 1.77 bits per heavy atom. The van der Waals surface area contributed by atoms with Gasteiger partial charge in [0.25, 0.3) is 10.0 Å². The molecule has 1 heterocycles. The maximum atomic E-state index is 12.9. The topological polar surface area (TPSA) is 81.2 Å². The second-order valence-electron chi connectivity index (χ2n) is 5.95. The Kier molecular flexibility index (Phi) is 4.97. The fraction of sp³-hybridized carbons (Fsp3) is 0.222. The van der Waals surface area contributed by atoms with Gasteiger partial charge in [-0.2, -0.15) is 0 Å². The molecule has 0 bridgehead atoms. The van der Waals surface area contributed by atoms with E-state index in [1.54, 1.807) is 39.2 Å². The van der Waals surface area contributed by atoms with Crippen LogP contribution in [0, 0.1) is 20.8 Å². The Morgan fingerprint density at radius 3 is 2.35 bits per heavy atom. The minimum Gasteiger partial charge on any atom is -0.496 e. The number of ether oxygens (including phenoxy) is 1. The Hall–Kier alpha value is -2.45. The first-order valence-corrected chi connectivity index (χ1v) is 10.2. The molecular formula is C18H19N3O3S2. The van der Waals surface area contributed by atoms with E-state index in [1.165, 1.54) is 11.5 Å². The minimum absolute atomic E-state index is 0.281. The number of nitrogens with zero attached hydrogens (tertiary/aromatic N) is 2. The highest BCUT2D eigenvalue weighted by Crippen LogP contribution is 2.31.